The summed E-state index contributed by atoms with van der Waals surface area (Å²) in [6.07, 6.45) is 0. The number of aromatic nitrogens is 2. The van der Waals surface area contributed by atoms with Crippen LogP contribution in [-0.4, -0.2) is 45.7 Å². The zero-order chi connectivity index (χ0) is 19.2. The van der Waals surface area contributed by atoms with E-state index in [0.717, 1.165) is 33.6 Å². The molecule has 0 atom stereocenters. The quantitative estimate of drug-likeness (QED) is 0.423. The molecular formula is C20H20N4O2Se. The van der Waals surface area contributed by atoms with E-state index < -0.39 is 0 Å². The van der Waals surface area contributed by atoms with Crippen molar-refractivity contribution in [1.29, 1.82) is 5.26 Å². The van der Waals surface area contributed by atoms with Crippen LogP contribution in [0.1, 0.15) is 5.82 Å². The average Bonchev–Trinajstić information content (AvgIpc) is 2.69. The van der Waals surface area contributed by atoms with Crippen molar-refractivity contribution in [2.75, 3.05) is 25.7 Å². The minimum absolute atomic E-state index is 0.0565. The maximum absolute atomic E-state index is 8.69. The van der Waals surface area contributed by atoms with Crippen molar-refractivity contribution < 1.29 is 9.47 Å². The second-order valence-electron chi connectivity index (χ2n) is 5.79. The molecule has 0 saturated carbocycles. The predicted octanol–water partition coefficient (Wildman–Crippen LogP) is 3.70. The van der Waals surface area contributed by atoms with E-state index in [2.05, 4.69) is 14.9 Å². The van der Waals surface area contributed by atoms with E-state index >= 15 is 0 Å². The number of para-hydroxylation sites is 1. The van der Waals surface area contributed by atoms with Crippen molar-refractivity contribution in [3.63, 3.8) is 0 Å². The molecule has 0 saturated heterocycles. The summed E-state index contributed by atoms with van der Waals surface area (Å²) in [6.45, 7) is 2.38. The van der Waals surface area contributed by atoms with Crippen molar-refractivity contribution >= 4 is 37.4 Å². The van der Waals surface area contributed by atoms with Crippen LogP contribution in [0.15, 0.2) is 42.5 Å². The number of nitrogens with zero attached hydrogens (tertiary/aromatic N) is 4. The molecule has 0 amide bonds. The Hall–Kier alpha value is -2.81. The van der Waals surface area contributed by atoms with Gasteiger partial charge in [0.1, 0.15) is 0 Å². The van der Waals surface area contributed by atoms with Gasteiger partial charge in [0.25, 0.3) is 0 Å². The number of ether oxygens (including phenoxy) is 2. The van der Waals surface area contributed by atoms with Crippen LogP contribution in [0.4, 0.5) is 11.5 Å². The standard InChI is InChI=1S/C20H20N4O2Se/c1-14-22-17-7-5-4-6-16(17)20(23-14)24(2)15-8-9-18(25-3)19(12-15)26-10-11-27-13-21/h4-9,12H,10-11H2,1-3H3. The van der Waals surface area contributed by atoms with Gasteiger partial charge in [-0.15, -0.1) is 0 Å². The molecule has 0 fully saturated rings. The van der Waals surface area contributed by atoms with Crippen molar-refractivity contribution in [3.8, 4) is 16.5 Å². The number of hydrogen-bond donors (Lipinski definition) is 0. The maximum atomic E-state index is 8.69. The normalized spacial score (nSPS) is 10.4. The first kappa shape index (κ1) is 19.0. The number of nitriles is 1. The molecule has 0 aliphatic carbocycles. The Labute approximate surface area is 164 Å². The van der Waals surface area contributed by atoms with Gasteiger partial charge in [-0.05, 0) is 0 Å². The van der Waals surface area contributed by atoms with E-state index in [1.807, 2.05) is 61.3 Å². The third-order valence-electron chi connectivity index (χ3n) is 4.05. The van der Waals surface area contributed by atoms with E-state index in [0.29, 0.717) is 18.1 Å². The summed E-state index contributed by atoms with van der Waals surface area (Å²) in [4.78, 5) is 13.4. The molecule has 0 unspecified atom stereocenters. The van der Waals surface area contributed by atoms with Gasteiger partial charge in [-0.25, -0.2) is 0 Å². The number of methoxy groups -OCH3 is 1. The SMILES string of the molecule is COc1ccc(N(C)c2nc(C)nc3ccccc23)cc1OCC[Se]C#N. The van der Waals surface area contributed by atoms with Gasteiger partial charge in [-0.1, -0.05) is 0 Å². The van der Waals surface area contributed by atoms with Crippen LogP contribution in [0.2, 0.25) is 5.32 Å². The molecule has 0 bridgehead atoms. The molecule has 6 nitrogen and oxygen atoms in total. The third kappa shape index (κ3) is 4.30. The molecule has 3 rings (SSSR count). The van der Waals surface area contributed by atoms with E-state index in [1.165, 1.54) is 0 Å². The van der Waals surface area contributed by atoms with Gasteiger partial charge >= 0.3 is 165 Å². The van der Waals surface area contributed by atoms with Crippen LogP contribution in [0.5, 0.6) is 11.5 Å². The van der Waals surface area contributed by atoms with Gasteiger partial charge in [0.05, 0.1) is 0 Å². The van der Waals surface area contributed by atoms with Gasteiger partial charge in [0.2, 0.25) is 0 Å². The number of hydrogen-bond acceptors (Lipinski definition) is 6. The van der Waals surface area contributed by atoms with Crippen LogP contribution in [0.3, 0.4) is 0 Å². The Balaban J connectivity index is 1.95. The van der Waals surface area contributed by atoms with Crippen molar-refractivity contribution in [1.82, 2.24) is 9.97 Å². The third-order valence-corrected chi connectivity index (χ3v) is 5.10. The fourth-order valence-corrected chi connectivity index (χ4v) is 3.32. The molecule has 27 heavy (non-hydrogen) atoms. The molecule has 3 aromatic rings. The summed E-state index contributed by atoms with van der Waals surface area (Å²) in [5.74, 6) is 2.88. The summed E-state index contributed by atoms with van der Waals surface area (Å²) in [7, 11) is 3.59. The minimum atomic E-state index is -0.0565. The Bertz CT molecular complexity index is 987. The van der Waals surface area contributed by atoms with Crippen molar-refractivity contribution in [2.45, 2.75) is 12.2 Å². The monoisotopic (exact) mass is 428 g/mol. The molecule has 7 heteroatoms. The molecule has 1 aromatic heterocycles. The second-order valence-corrected chi connectivity index (χ2v) is 7.64. The Morgan fingerprint density at radius 2 is 1.96 bits per heavy atom. The predicted molar refractivity (Wildman–Crippen MR) is 107 cm³/mol. The average molecular weight is 427 g/mol. The van der Waals surface area contributed by atoms with Crippen LogP contribution in [-0.2, 0) is 0 Å². The van der Waals surface area contributed by atoms with Gasteiger partial charge in [-0.2, -0.15) is 0 Å². The number of rotatable bonds is 7. The topological polar surface area (TPSA) is 71.3 Å². The zero-order valence-electron chi connectivity index (χ0n) is 15.5. The summed E-state index contributed by atoms with van der Waals surface area (Å²) < 4.78 is 11.3. The first-order valence-electron chi connectivity index (χ1n) is 8.43. The van der Waals surface area contributed by atoms with E-state index in [-0.39, 0.29) is 15.0 Å². The van der Waals surface area contributed by atoms with E-state index in [1.54, 1.807) is 7.11 Å². The first-order chi connectivity index (χ1) is 13.1. The van der Waals surface area contributed by atoms with Gasteiger partial charge in [0, 0.05) is 0 Å². The Morgan fingerprint density at radius 3 is 2.74 bits per heavy atom. The van der Waals surface area contributed by atoms with E-state index in [4.69, 9.17) is 14.7 Å². The van der Waals surface area contributed by atoms with Crippen LogP contribution >= 0.6 is 0 Å². The van der Waals surface area contributed by atoms with Gasteiger partial charge < -0.3 is 0 Å². The molecule has 1 heterocycles. The summed E-state index contributed by atoms with van der Waals surface area (Å²) in [5.41, 5.74) is 1.84. The molecular weight excluding hydrogens is 407 g/mol. The van der Waals surface area contributed by atoms with Crippen LogP contribution in [0.25, 0.3) is 10.9 Å². The second kappa shape index (κ2) is 8.72. The molecule has 138 valence electrons. The fourth-order valence-electron chi connectivity index (χ4n) is 2.78. The van der Waals surface area contributed by atoms with Crippen LogP contribution < -0.4 is 14.4 Å². The molecule has 0 radical (unpaired) electrons. The molecule has 0 aliphatic rings. The number of anilines is 2. The first-order valence-corrected chi connectivity index (χ1v) is 10.5. The van der Waals surface area contributed by atoms with Crippen molar-refractivity contribution in [3.05, 3.63) is 48.3 Å². The number of benzene rings is 2. The zero-order valence-corrected chi connectivity index (χ0v) is 17.2. The summed E-state index contributed by atoms with van der Waals surface area (Å²) in [5, 5.41) is 10.4. The van der Waals surface area contributed by atoms with E-state index in [9.17, 15) is 0 Å². The van der Waals surface area contributed by atoms with Gasteiger partial charge in [-0.3, -0.25) is 0 Å². The van der Waals surface area contributed by atoms with Gasteiger partial charge in [0.15, 0.2) is 0 Å². The van der Waals surface area contributed by atoms with Crippen molar-refractivity contribution in [2.24, 2.45) is 0 Å². The molecule has 0 spiro atoms. The fraction of sp³-hybridized carbons (Fsp3) is 0.250. The molecule has 2 aromatic carbocycles. The van der Waals surface area contributed by atoms with Crippen LogP contribution in [0, 0.1) is 17.2 Å². The number of fused-ring (bicyclic) bond motifs is 1. The molecule has 0 aliphatic heterocycles. The number of aryl methyl sites for hydroxylation is 1. The summed E-state index contributed by atoms with van der Waals surface area (Å²) >= 11 is -0.0565. The summed E-state index contributed by atoms with van der Waals surface area (Å²) in [6, 6.07) is 13.7. The Kier molecular flexibility index (Phi) is 6.12. The Morgan fingerprint density at radius 1 is 1.15 bits per heavy atom. The molecule has 0 N–H and O–H groups in total.